The number of nitrogens with one attached hydrogen (secondary N) is 1. The van der Waals surface area contributed by atoms with Crippen LogP contribution in [0.2, 0.25) is 0 Å². The fourth-order valence-electron chi connectivity index (χ4n) is 3.67. The Morgan fingerprint density at radius 1 is 1.07 bits per heavy atom. The molecule has 1 N–H and O–H groups in total. The maximum atomic E-state index is 6.19. The number of hydrogen-bond acceptors (Lipinski definition) is 5. The average Bonchev–Trinajstić information content (AvgIpc) is 3.53. The summed E-state index contributed by atoms with van der Waals surface area (Å²) >= 11 is 0. The molecule has 0 aliphatic carbocycles. The second-order valence-corrected chi connectivity index (χ2v) is 6.73. The minimum Gasteiger partial charge on any atom is -0.453 e. The molecule has 2 atom stereocenters. The van der Waals surface area contributed by atoms with Crippen LogP contribution >= 0.6 is 0 Å². The summed E-state index contributed by atoms with van der Waals surface area (Å²) in [6.07, 6.45) is 3.52. The van der Waals surface area contributed by atoms with Gasteiger partial charge in [0.2, 0.25) is 0 Å². The molecule has 1 fully saturated rings. The number of ether oxygens (including phenoxy) is 2. The Morgan fingerprint density at radius 2 is 1.93 bits per heavy atom. The molecule has 0 spiro atoms. The largest absolute Gasteiger partial charge is 0.453 e. The van der Waals surface area contributed by atoms with Gasteiger partial charge in [0, 0.05) is 18.9 Å². The predicted molar refractivity (Wildman–Crippen MR) is 104 cm³/mol. The van der Waals surface area contributed by atoms with Gasteiger partial charge in [-0.1, -0.05) is 30.3 Å². The maximum absolute atomic E-state index is 6.19. The van der Waals surface area contributed by atoms with Crippen LogP contribution in [0, 0.1) is 0 Å². The van der Waals surface area contributed by atoms with Crippen molar-refractivity contribution in [1.29, 1.82) is 0 Å². The van der Waals surface area contributed by atoms with Crippen LogP contribution in [-0.2, 0) is 9.47 Å². The van der Waals surface area contributed by atoms with Crippen LogP contribution in [0.15, 0.2) is 65.5 Å². The van der Waals surface area contributed by atoms with Gasteiger partial charge in [0.1, 0.15) is 17.5 Å². The van der Waals surface area contributed by atoms with Crippen molar-refractivity contribution in [2.45, 2.75) is 12.1 Å². The van der Waals surface area contributed by atoms with E-state index in [-0.39, 0.29) is 12.1 Å². The van der Waals surface area contributed by atoms with Gasteiger partial charge in [0.15, 0.2) is 11.5 Å². The average molecular weight is 376 g/mol. The molecule has 7 heteroatoms. The van der Waals surface area contributed by atoms with Gasteiger partial charge < -0.3 is 18.5 Å². The lowest BCUT2D eigenvalue weighted by molar-refractivity contribution is 0.0687. The normalized spacial score (nSPS) is 19.3. The minimum atomic E-state index is -0.0291. The molecule has 28 heavy (non-hydrogen) atoms. The van der Waals surface area contributed by atoms with E-state index < -0.39 is 0 Å². The Morgan fingerprint density at radius 3 is 2.71 bits per heavy atom. The molecule has 0 bridgehead atoms. The van der Waals surface area contributed by atoms with Gasteiger partial charge >= 0.3 is 0 Å². The first-order valence-electron chi connectivity index (χ1n) is 9.18. The van der Waals surface area contributed by atoms with Crippen molar-refractivity contribution in [3.63, 3.8) is 0 Å². The zero-order valence-electron chi connectivity index (χ0n) is 15.4. The molecular formula is C21H20N4O3. The quantitative estimate of drug-likeness (QED) is 0.573. The van der Waals surface area contributed by atoms with E-state index in [1.54, 1.807) is 13.3 Å². The molecule has 7 nitrogen and oxygen atoms in total. The SMILES string of the molecule is CO[C@@H]1COC[C@H]1n1cnc(-c2ccccc2)c1-c1ccc(-c2ccn[nH]2)o1. The van der Waals surface area contributed by atoms with Crippen molar-refractivity contribution in [1.82, 2.24) is 19.7 Å². The van der Waals surface area contributed by atoms with E-state index in [1.807, 2.05) is 54.9 Å². The molecule has 0 amide bonds. The van der Waals surface area contributed by atoms with Crippen molar-refractivity contribution in [3.8, 4) is 34.2 Å². The summed E-state index contributed by atoms with van der Waals surface area (Å²) in [5, 5.41) is 6.94. The molecule has 1 aliphatic rings. The zero-order chi connectivity index (χ0) is 18.9. The second kappa shape index (κ2) is 7.10. The monoisotopic (exact) mass is 376 g/mol. The molecule has 142 valence electrons. The maximum Gasteiger partial charge on any atom is 0.153 e. The number of hydrogen-bond donors (Lipinski definition) is 1. The highest BCUT2D eigenvalue weighted by atomic mass is 16.5. The summed E-state index contributed by atoms with van der Waals surface area (Å²) in [6, 6.07) is 15.9. The third-order valence-electron chi connectivity index (χ3n) is 5.11. The van der Waals surface area contributed by atoms with Crippen LogP contribution in [0.4, 0.5) is 0 Å². The van der Waals surface area contributed by atoms with Crippen molar-refractivity contribution in [2.24, 2.45) is 0 Å². The lowest BCUT2D eigenvalue weighted by atomic mass is 10.1. The first kappa shape index (κ1) is 17.0. The molecule has 1 aliphatic heterocycles. The summed E-state index contributed by atoms with van der Waals surface area (Å²) in [4.78, 5) is 4.72. The number of aromatic amines is 1. The molecule has 0 radical (unpaired) electrons. The van der Waals surface area contributed by atoms with E-state index in [0.29, 0.717) is 13.2 Å². The molecule has 3 aromatic heterocycles. The van der Waals surface area contributed by atoms with Crippen molar-refractivity contribution < 1.29 is 13.9 Å². The molecule has 4 heterocycles. The number of H-pyrrole nitrogens is 1. The van der Waals surface area contributed by atoms with Crippen LogP contribution in [-0.4, -0.2) is 46.2 Å². The number of aromatic nitrogens is 4. The van der Waals surface area contributed by atoms with E-state index >= 15 is 0 Å². The van der Waals surface area contributed by atoms with Gasteiger partial charge in [-0.05, 0) is 18.2 Å². The number of nitrogens with zero attached hydrogens (tertiary/aromatic N) is 3. The van der Waals surface area contributed by atoms with Crippen molar-refractivity contribution in [2.75, 3.05) is 20.3 Å². The summed E-state index contributed by atoms with van der Waals surface area (Å²) in [6.45, 7) is 1.14. The van der Waals surface area contributed by atoms with Crippen LogP contribution in [0.5, 0.6) is 0 Å². The van der Waals surface area contributed by atoms with Gasteiger partial charge in [-0.2, -0.15) is 5.10 Å². The number of rotatable bonds is 5. The molecule has 1 aromatic carbocycles. The Kier molecular flexibility index (Phi) is 4.31. The van der Waals surface area contributed by atoms with E-state index in [0.717, 1.165) is 34.2 Å². The molecule has 0 saturated carbocycles. The Labute approximate surface area is 161 Å². The van der Waals surface area contributed by atoms with Gasteiger partial charge in [-0.25, -0.2) is 4.98 Å². The second-order valence-electron chi connectivity index (χ2n) is 6.73. The fraction of sp³-hybridized carbons (Fsp3) is 0.238. The minimum absolute atomic E-state index is 0.0291. The Balaban J connectivity index is 1.65. The molecule has 1 saturated heterocycles. The first-order valence-corrected chi connectivity index (χ1v) is 9.18. The van der Waals surface area contributed by atoms with E-state index in [2.05, 4.69) is 14.8 Å². The standard InChI is InChI=1S/C21H20N4O3/c1-26-19-12-27-11-16(19)25-13-22-20(14-5-3-2-4-6-14)21(25)18-8-7-17(28-18)15-9-10-23-24-15/h2-10,13,16,19H,11-12H2,1H3,(H,23,24)/t16-,19-/m1/s1. The first-order chi connectivity index (χ1) is 13.8. The Hall–Kier alpha value is -3.16. The van der Waals surface area contributed by atoms with E-state index in [9.17, 15) is 0 Å². The predicted octanol–water partition coefficient (Wildman–Crippen LogP) is 3.79. The summed E-state index contributed by atoms with van der Waals surface area (Å²) in [7, 11) is 1.71. The zero-order valence-corrected chi connectivity index (χ0v) is 15.4. The van der Waals surface area contributed by atoms with Crippen LogP contribution in [0.3, 0.4) is 0 Å². The molecule has 5 rings (SSSR count). The number of furan rings is 1. The smallest absolute Gasteiger partial charge is 0.153 e. The van der Waals surface area contributed by atoms with Gasteiger partial charge in [0.05, 0.1) is 31.3 Å². The van der Waals surface area contributed by atoms with Crippen molar-refractivity contribution >= 4 is 0 Å². The topological polar surface area (TPSA) is 78.1 Å². The lowest BCUT2D eigenvalue weighted by Crippen LogP contribution is -2.24. The number of benzene rings is 1. The van der Waals surface area contributed by atoms with E-state index in [1.165, 1.54) is 0 Å². The molecule has 0 unspecified atom stereocenters. The summed E-state index contributed by atoms with van der Waals surface area (Å²) < 4.78 is 19.6. The highest BCUT2D eigenvalue weighted by molar-refractivity contribution is 5.77. The van der Waals surface area contributed by atoms with Crippen LogP contribution < -0.4 is 0 Å². The van der Waals surface area contributed by atoms with Gasteiger partial charge in [0.25, 0.3) is 0 Å². The van der Waals surface area contributed by atoms with Crippen LogP contribution in [0.1, 0.15) is 6.04 Å². The molecule has 4 aromatic rings. The summed E-state index contributed by atoms with van der Waals surface area (Å²) in [5.74, 6) is 1.47. The summed E-state index contributed by atoms with van der Waals surface area (Å²) in [5.41, 5.74) is 3.64. The highest BCUT2D eigenvalue weighted by Crippen LogP contribution is 2.37. The molecular weight excluding hydrogens is 356 g/mol. The van der Waals surface area contributed by atoms with Gasteiger partial charge in [-0.15, -0.1) is 0 Å². The number of imidazole rings is 1. The van der Waals surface area contributed by atoms with Gasteiger partial charge in [-0.3, -0.25) is 5.10 Å². The van der Waals surface area contributed by atoms with Crippen molar-refractivity contribution in [3.05, 3.63) is 61.1 Å². The third kappa shape index (κ3) is 2.85. The third-order valence-corrected chi connectivity index (χ3v) is 5.11. The fourth-order valence-corrected chi connectivity index (χ4v) is 3.67. The number of methoxy groups -OCH3 is 1. The van der Waals surface area contributed by atoms with Crippen LogP contribution in [0.25, 0.3) is 34.2 Å². The highest BCUT2D eigenvalue weighted by Gasteiger charge is 2.33. The Bertz CT molecular complexity index is 1050. The lowest BCUT2D eigenvalue weighted by Gasteiger charge is -2.19. The van der Waals surface area contributed by atoms with E-state index in [4.69, 9.17) is 18.9 Å².